The third kappa shape index (κ3) is 12.4. The Bertz CT molecular complexity index is 7130. The number of fused-ring (bicyclic) bond motifs is 18. The number of anilines is 9. The van der Waals surface area contributed by atoms with Gasteiger partial charge in [-0.15, -0.1) is 11.3 Å². The van der Waals surface area contributed by atoms with E-state index in [-0.39, 0.29) is 0 Å². The molecule has 1 unspecified atom stereocenters. The van der Waals surface area contributed by atoms with E-state index in [0.717, 1.165) is 93.9 Å². The molecule has 0 N–H and O–H groups in total. The summed E-state index contributed by atoms with van der Waals surface area (Å²) in [6.07, 6.45) is 2.39. The van der Waals surface area contributed by atoms with Gasteiger partial charge < -0.3 is 23.7 Å². The second kappa shape index (κ2) is 29.6. The molecule has 17 aromatic carbocycles. The lowest BCUT2D eigenvalue weighted by Crippen LogP contribution is -2.49. The zero-order valence-corrected chi connectivity index (χ0v) is 72.0. The van der Waals surface area contributed by atoms with E-state index in [9.17, 15) is 0 Å². The molecule has 0 bridgehead atoms. The summed E-state index contributed by atoms with van der Waals surface area (Å²) in [5, 5.41) is 15.6. The molecule has 0 amide bonds. The molecule has 1 atom stereocenters. The molecule has 12 heteroatoms. The first-order valence-electron chi connectivity index (χ1n) is 40.3. The van der Waals surface area contributed by atoms with Gasteiger partial charge in [0.15, 0.2) is 0 Å². The lowest BCUT2D eigenvalue weighted by molar-refractivity contribution is 0.669. The van der Waals surface area contributed by atoms with Crippen molar-refractivity contribution in [1.29, 1.82) is 0 Å². The van der Waals surface area contributed by atoms with Crippen LogP contribution in [0.15, 0.2) is 407 Å². The number of hydrogen-bond donors (Lipinski definition) is 0. The van der Waals surface area contributed by atoms with Crippen LogP contribution in [-0.4, -0.2) is 27.0 Å². The van der Waals surface area contributed by atoms with Crippen molar-refractivity contribution < 1.29 is 4.42 Å². The Hall–Kier alpha value is -12.4. The monoisotopic (exact) mass is 1660 g/mol. The van der Waals surface area contributed by atoms with Gasteiger partial charge in [-0.3, -0.25) is 0 Å². The summed E-state index contributed by atoms with van der Waals surface area (Å²) in [5.41, 5.74) is 23.2. The molecular weight excluding hydrogens is 1580 g/mol. The summed E-state index contributed by atoms with van der Waals surface area (Å²) in [6, 6.07) is 139. The van der Waals surface area contributed by atoms with Crippen LogP contribution in [0.2, 0.25) is 41.3 Å². The van der Waals surface area contributed by atoms with E-state index in [0.29, 0.717) is 0 Å². The van der Waals surface area contributed by atoms with Crippen molar-refractivity contribution in [1.82, 2.24) is 4.57 Å². The van der Waals surface area contributed by atoms with Crippen molar-refractivity contribution in [2.75, 3.05) is 21.0 Å². The predicted octanol–water partition coefficient (Wildman–Crippen LogP) is 30.3. The number of benzene rings is 17. The molecule has 0 spiro atoms. The first kappa shape index (κ1) is 74.2. The lowest BCUT2D eigenvalue weighted by atomic mass is 10.0. The SMILES string of the molecule is CS1(c2ccccc2)c2ccc(N(c3ccccc3)c3ccc4c(c3)c3ccccc3n4-c3ccccc3)cc2-c2cccc(Cl)c21.C[Si]1(C)c2ccc(N(c3ccccc3)c3ccc4oc5ccccc5c4c3)cc2-c2cccc(Cl)c21.C[Si]1(C)c2ccc(N(c3ccccc3)c3ccc4sc5ccccc5c4c3)cc2-c2cccc(Cl)c21. The average Bonchev–Trinajstić information content (AvgIpc) is 1.55. The van der Waals surface area contributed by atoms with E-state index >= 15 is 0 Å². The van der Waals surface area contributed by atoms with E-state index < -0.39 is 26.2 Å². The molecule has 3 aliphatic heterocycles. The number of para-hydroxylation sites is 6. The molecule has 119 heavy (non-hydrogen) atoms. The summed E-state index contributed by atoms with van der Waals surface area (Å²) in [4.78, 5) is 11.0. The quantitative estimate of drug-likeness (QED) is 0.121. The highest BCUT2D eigenvalue weighted by atomic mass is 35.5. The molecule has 3 aromatic heterocycles. The topological polar surface area (TPSA) is 27.8 Å². The van der Waals surface area contributed by atoms with Gasteiger partial charge >= 0.3 is 0 Å². The Balaban J connectivity index is 0.000000112. The Morgan fingerprint density at radius 3 is 1.29 bits per heavy atom. The molecule has 5 nitrogen and oxygen atoms in total. The first-order chi connectivity index (χ1) is 58.2. The van der Waals surface area contributed by atoms with Gasteiger partial charge in [-0.1, -0.05) is 255 Å². The number of aromatic nitrogens is 1. The maximum atomic E-state index is 7.05. The van der Waals surface area contributed by atoms with Gasteiger partial charge in [-0.2, -0.15) is 10.0 Å². The van der Waals surface area contributed by atoms with Crippen LogP contribution in [0, 0.1) is 0 Å². The summed E-state index contributed by atoms with van der Waals surface area (Å²) in [5.74, 6) is 0. The van der Waals surface area contributed by atoms with Crippen molar-refractivity contribution in [3.05, 3.63) is 403 Å². The van der Waals surface area contributed by atoms with Gasteiger partial charge in [0, 0.05) is 118 Å². The highest BCUT2D eigenvalue weighted by molar-refractivity contribution is 8.33. The molecule has 0 aliphatic carbocycles. The zero-order valence-electron chi connectivity index (χ0n) is 66.1. The number of furan rings is 1. The molecule has 20 aromatic rings. The van der Waals surface area contributed by atoms with Crippen LogP contribution in [0.3, 0.4) is 0 Å². The van der Waals surface area contributed by atoms with Gasteiger partial charge in [0.2, 0.25) is 0 Å². The van der Waals surface area contributed by atoms with Crippen molar-refractivity contribution in [3.63, 3.8) is 0 Å². The Morgan fingerprint density at radius 2 is 0.706 bits per heavy atom. The highest BCUT2D eigenvalue weighted by Gasteiger charge is 2.43. The second-order valence-electron chi connectivity index (χ2n) is 32.0. The van der Waals surface area contributed by atoms with Gasteiger partial charge in [-0.25, -0.2) is 0 Å². The Morgan fingerprint density at radius 1 is 0.294 bits per heavy atom. The molecule has 23 rings (SSSR count). The van der Waals surface area contributed by atoms with Crippen molar-refractivity contribution >= 4 is 208 Å². The number of halogens is 3. The van der Waals surface area contributed by atoms with E-state index in [1.54, 1.807) is 0 Å². The molecule has 0 saturated heterocycles. The van der Waals surface area contributed by atoms with Gasteiger partial charge in [0.1, 0.15) is 27.3 Å². The minimum atomic E-state index is -1.86. The van der Waals surface area contributed by atoms with E-state index in [4.69, 9.17) is 39.2 Å². The third-order valence-corrected chi connectivity index (χ3v) is 37.9. The number of rotatable bonds is 11. The number of hydrogen-bond acceptors (Lipinski definition) is 5. The van der Waals surface area contributed by atoms with Gasteiger partial charge in [0.05, 0.1) is 16.1 Å². The van der Waals surface area contributed by atoms with Crippen LogP contribution in [0.4, 0.5) is 51.2 Å². The van der Waals surface area contributed by atoms with Crippen LogP contribution in [0.25, 0.3) is 103 Å². The molecular formula is C107H79Cl3N4OS2Si2. The standard InChI is InChI=1S/C43H31ClN2S.C32H24ClNOSi.C32H24ClNSSi/c1-47(34-18-9-4-10-19-34)42-27-25-33(29-38(42)36-21-13-22-39(44)43(36)47)45(30-14-5-2-6-15-30)32-24-26-41-37(28-32)35-20-11-12-23-40(35)46(41)31-16-7-3-8-17-31;2*1-36(2)31-18-16-23(20-27(31)25-12-8-13-28(33)32(25)36)34(21-9-4-3-5-10-21)22-15-17-30-26(19-22)24-11-6-7-14-29(24)35-30/h2-29H,1H3;2*3-20H,1-2H3. The van der Waals surface area contributed by atoms with Crippen LogP contribution in [-0.2, 0) is 0 Å². The Labute approximate surface area is 715 Å². The number of nitrogens with zero attached hydrogens (tertiary/aromatic N) is 4. The molecule has 0 radical (unpaired) electrons. The number of thiophene rings is 1. The minimum absolute atomic E-state index is 0.835. The highest BCUT2D eigenvalue weighted by Crippen LogP contribution is 2.75. The molecule has 0 fully saturated rings. The zero-order chi connectivity index (χ0) is 80.4. The summed E-state index contributed by atoms with van der Waals surface area (Å²) < 4.78 is 11.1. The van der Waals surface area contributed by atoms with Crippen molar-refractivity contribution in [2.24, 2.45) is 0 Å². The maximum absolute atomic E-state index is 7.05. The van der Waals surface area contributed by atoms with Crippen LogP contribution in [0.5, 0.6) is 0 Å². The smallest absolute Gasteiger partial charge is 0.135 e. The largest absolute Gasteiger partial charge is 0.456 e. The summed E-state index contributed by atoms with van der Waals surface area (Å²) in [7, 11) is -5.25. The summed E-state index contributed by atoms with van der Waals surface area (Å²) in [6.45, 7) is 9.62. The fourth-order valence-corrected chi connectivity index (χ4v) is 32.4. The first-order valence-corrected chi connectivity index (χ1v) is 50.3. The summed E-state index contributed by atoms with van der Waals surface area (Å²) >= 11 is 22.4. The Kier molecular flexibility index (Phi) is 18.5. The second-order valence-corrected chi connectivity index (χ2v) is 46.1. The minimum Gasteiger partial charge on any atom is -0.456 e. The van der Waals surface area contributed by atoms with E-state index in [1.807, 2.05) is 41.7 Å². The maximum Gasteiger partial charge on any atom is 0.135 e. The normalized spacial score (nSPS) is 14.8. The van der Waals surface area contributed by atoms with Crippen LogP contribution >= 0.6 is 56.2 Å². The third-order valence-electron chi connectivity index (χ3n) is 24.5. The van der Waals surface area contributed by atoms with E-state index in [2.05, 4.69) is 410 Å². The predicted molar refractivity (Wildman–Crippen MR) is 517 cm³/mol. The molecule has 6 heterocycles. The van der Waals surface area contributed by atoms with Gasteiger partial charge in [-0.05, 0) is 259 Å². The molecule has 0 saturated carbocycles. The van der Waals surface area contributed by atoms with Gasteiger partial charge in [0.25, 0.3) is 0 Å². The average molecular weight is 1660 g/mol. The fraction of sp³-hybridized carbons (Fsp3) is 0.0467. The van der Waals surface area contributed by atoms with Crippen LogP contribution < -0.4 is 35.4 Å². The van der Waals surface area contributed by atoms with E-state index in [1.165, 1.54) is 111 Å². The molecule has 3 aliphatic rings. The lowest BCUT2D eigenvalue weighted by Gasteiger charge is -2.35. The van der Waals surface area contributed by atoms with Crippen molar-refractivity contribution in [3.8, 4) is 39.1 Å². The fourth-order valence-electron chi connectivity index (χ4n) is 19.1. The molecule has 574 valence electrons. The van der Waals surface area contributed by atoms with Crippen LogP contribution in [0.1, 0.15) is 0 Å². The van der Waals surface area contributed by atoms with Crippen molar-refractivity contribution in [2.45, 2.75) is 40.9 Å².